The second kappa shape index (κ2) is 11.6. The van der Waals surface area contributed by atoms with Crippen LogP contribution in [0.25, 0.3) is 54.6 Å². The van der Waals surface area contributed by atoms with Crippen molar-refractivity contribution in [1.29, 1.82) is 0 Å². The average molecular weight is 676 g/mol. The molecule has 0 unspecified atom stereocenters. The Morgan fingerprint density at radius 3 is 1.70 bits per heavy atom. The highest BCUT2D eigenvalue weighted by Crippen LogP contribution is 2.57. The van der Waals surface area contributed by atoms with Gasteiger partial charge in [0, 0.05) is 27.5 Å². The Balaban J connectivity index is 1.15. The molecular weight excluding hydrogens is 643 g/mol. The van der Waals surface area contributed by atoms with E-state index in [0.717, 1.165) is 28.2 Å². The van der Waals surface area contributed by atoms with E-state index in [9.17, 15) is 0 Å². The molecule has 53 heavy (non-hydrogen) atoms. The van der Waals surface area contributed by atoms with E-state index in [4.69, 9.17) is 4.42 Å². The van der Waals surface area contributed by atoms with E-state index in [1.54, 1.807) is 0 Å². The molecule has 11 rings (SSSR count). The molecule has 1 aliphatic carbocycles. The van der Waals surface area contributed by atoms with E-state index < -0.39 is 5.41 Å². The summed E-state index contributed by atoms with van der Waals surface area (Å²) in [7, 11) is 0. The van der Waals surface area contributed by atoms with Crippen LogP contribution in [0.4, 0.5) is 17.1 Å². The van der Waals surface area contributed by atoms with Crippen LogP contribution in [-0.4, -0.2) is 0 Å². The number of furan rings is 1. The van der Waals surface area contributed by atoms with E-state index in [2.05, 4.69) is 205 Å². The first kappa shape index (κ1) is 29.8. The summed E-state index contributed by atoms with van der Waals surface area (Å²) in [5, 5.41) is 7.34. The molecular formula is C51H33NO. The molecule has 1 heterocycles. The van der Waals surface area contributed by atoms with Crippen molar-refractivity contribution in [2.75, 3.05) is 4.90 Å². The zero-order valence-electron chi connectivity index (χ0n) is 28.9. The molecule has 0 fully saturated rings. The smallest absolute Gasteiger partial charge is 0.135 e. The summed E-state index contributed by atoms with van der Waals surface area (Å²) in [5.74, 6) is 0. The monoisotopic (exact) mass is 675 g/mol. The number of hydrogen-bond donors (Lipinski definition) is 0. The Labute approximate surface area is 307 Å². The molecule has 1 aliphatic rings. The Morgan fingerprint density at radius 2 is 0.962 bits per heavy atom. The summed E-state index contributed by atoms with van der Waals surface area (Å²) in [6.07, 6.45) is 0. The number of nitrogens with zero attached hydrogens (tertiary/aromatic N) is 1. The van der Waals surface area contributed by atoms with Crippen LogP contribution in [0.1, 0.15) is 22.3 Å². The lowest BCUT2D eigenvalue weighted by atomic mass is 9.67. The van der Waals surface area contributed by atoms with Crippen LogP contribution in [0.3, 0.4) is 0 Å². The maximum absolute atomic E-state index is 6.41. The minimum absolute atomic E-state index is 0.527. The lowest BCUT2D eigenvalue weighted by molar-refractivity contribution is 0.663. The van der Waals surface area contributed by atoms with Gasteiger partial charge >= 0.3 is 0 Å². The van der Waals surface area contributed by atoms with Crippen molar-refractivity contribution in [2.45, 2.75) is 5.41 Å². The first-order valence-electron chi connectivity index (χ1n) is 18.3. The van der Waals surface area contributed by atoms with Crippen molar-refractivity contribution < 1.29 is 4.42 Å². The number of rotatable bonds is 6. The normalized spacial score (nSPS) is 13.1. The highest BCUT2D eigenvalue weighted by molar-refractivity contribution is 6.14. The van der Waals surface area contributed by atoms with Crippen molar-refractivity contribution in [3.63, 3.8) is 0 Å². The van der Waals surface area contributed by atoms with Crippen LogP contribution in [0.15, 0.2) is 205 Å². The SMILES string of the molecule is c1ccc(C2(c3cccc(N(c4ccc(-c5cccc6ccccc56)cc4)c4cccc5ccccc45)c3)c3cccc4oc5cccc2c5c34)cc1. The third-order valence-electron chi connectivity index (χ3n) is 11.3. The largest absolute Gasteiger partial charge is 0.456 e. The lowest BCUT2D eigenvalue weighted by Gasteiger charge is -2.35. The number of anilines is 3. The fourth-order valence-corrected chi connectivity index (χ4v) is 9.09. The highest BCUT2D eigenvalue weighted by Gasteiger charge is 2.46. The summed E-state index contributed by atoms with van der Waals surface area (Å²) in [5.41, 5.74) is 12.1. The van der Waals surface area contributed by atoms with Gasteiger partial charge in [-0.2, -0.15) is 0 Å². The molecule has 0 saturated heterocycles. The molecule has 10 aromatic rings. The molecule has 0 saturated carbocycles. The van der Waals surface area contributed by atoms with E-state index in [1.807, 2.05) is 0 Å². The predicted octanol–water partition coefficient (Wildman–Crippen LogP) is 13.7. The van der Waals surface area contributed by atoms with Crippen LogP contribution < -0.4 is 4.90 Å². The standard InChI is InChI=1S/C51H33NO/c1-2-17-37(18-3-1)51(44-24-11-27-47-49(44)50-45(51)25-12-28-48(50)53-47)38-19-10-20-40(33-38)52(46-26-9-16-35-14-5-7-22-43(35)46)39-31-29-36(30-32-39)42-23-8-15-34-13-4-6-21-41(34)42/h1-33H. The lowest BCUT2D eigenvalue weighted by Crippen LogP contribution is -2.29. The van der Waals surface area contributed by atoms with Crippen molar-refractivity contribution in [2.24, 2.45) is 0 Å². The maximum atomic E-state index is 6.41. The molecule has 0 bridgehead atoms. The van der Waals surface area contributed by atoms with Gasteiger partial charge in [0.1, 0.15) is 11.2 Å². The van der Waals surface area contributed by atoms with Crippen LogP contribution in [0.5, 0.6) is 0 Å². The summed E-state index contributed by atoms with van der Waals surface area (Å²) in [6.45, 7) is 0. The first-order valence-corrected chi connectivity index (χ1v) is 18.3. The van der Waals surface area contributed by atoms with E-state index in [-0.39, 0.29) is 0 Å². The first-order chi connectivity index (χ1) is 26.3. The Morgan fingerprint density at radius 1 is 0.396 bits per heavy atom. The van der Waals surface area contributed by atoms with Gasteiger partial charge < -0.3 is 9.32 Å². The fraction of sp³-hybridized carbons (Fsp3) is 0.0196. The Bertz CT molecular complexity index is 2940. The zero-order chi connectivity index (χ0) is 34.9. The minimum Gasteiger partial charge on any atom is -0.456 e. The van der Waals surface area contributed by atoms with Gasteiger partial charge in [0.15, 0.2) is 0 Å². The number of fused-ring (bicyclic) bond motifs is 2. The van der Waals surface area contributed by atoms with E-state index in [1.165, 1.54) is 65.7 Å². The Kier molecular flexibility index (Phi) is 6.50. The summed E-state index contributed by atoms with van der Waals surface area (Å²) < 4.78 is 6.41. The van der Waals surface area contributed by atoms with Gasteiger partial charge in [-0.1, -0.05) is 158 Å². The van der Waals surface area contributed by atoms with Gasteiger partial charge in [-0.25, -0.2) is 0 Å². The Hall–Kier alpha value is -6.90. The molecule has 1 aromatic heterocycles. The van der Waals surface area contributed by atoms with Gasteiger partial charge in [-0.05, 0) is 92.0 Å². The quantitative estimate of drug-likeness (QED) is 0.174. The van der Waals surface area contributed by atoms with Gasteiger partial charge in [0.2, 0.25) is 0 Å². The number of benzene rings is 9. The second-order valence-electron chi connectivity index (χ2n) is 14.0. The van der Waals surface area contributed by atoms with Gasteiger partial charge in [0.05, 0.1) is 11.1 Å². The van der Waals surface area contributed by atoms with Crippen molar-refractivity contribution in [3.05, 3.63) is 222 Å². The minimum atomic E-state index is -0.527. The maximum Gasteiger partial charge on any atom is 0.135 e. The second-order valence-corrected chi connectivity index (χ2v) is 14.0. The van der Waals surface area contributed by atoms with Crippen molar-refractivity contribution >= 4 is 60.5 Å². The fourth-order valence-electron chi connectivity index (χ4n) is 9.09. The summed E-state index contributed by atoms with van der Waals surface area (Å²) in [4.78, 5) is 2.43. The van der Waals surface area contributed by atoms with Crippen LogP contribution in [-0.2, 0) is 5.41 Å². The summed E-state index contributed by atoms with van der Waals surface area (Å²) >= 11 is 0. The molecule has 2 heteroatoms. The summed E-state index contributed by atoms with van der Waals surface area (Å²) in [6, 6.07) is 72.8. The molecule has 0 amide bonds. The van der Waals surface area contributed by atoms with Crippen LogP contribution >= 0.6 is 0 Å². The topological polar surface area (TPSA) is 16.4 Å². The molecule has 248 valence electrons. The molecule has 0 spiro atoms. The van der Waals surface area contributed by atoms with Gasteiger partial charge in [0.25, 0.3) is 0 Å². The zero-order valence-corrected chi connectivity index (χ0v) is 28.9. The van der Waals surface area contributed by atoms with Crippen LogP contribution in [0.2, 0.25) is 0 Å². The van der Waals surface area contributed by atoms with E-state index in [0.29, 0.717) is 0 Å². The number of hydrogen-bond acceptors (Lipinski definition) is 2. The molecule has 2 nitrogen and oxygen atoms in total. The molecule has 0 aliphatic heterocycles. The predicted molar refractivity (Wildman–Crippen MR) is 221 cm³/mol. The van der Waals surface area contributed by atoms with Gasteiger partial charge in [-0.3, -0.25) is 0 Å². The molecule has 0 N–H and O–H groups in total. The van der Waals surface area contributed by atoms with Gasteiger partial charge in [-0.15, -0.1) is 0 Å². The van der Waals surface area contributed by atoms with Crippen LogP contribution in [0, 0.1) is 0 Å². The van der Waals surface area contributed by atoms with Crippen molar-refractivity contribution in [3.8, 4) is 11.1 Å². The van der Waals surface area contributed by atoms with E-state index >= 15 is 0 Å². The third kappa shape index (κ3) is 4.33. The average Bonchev–Trinajstić information content (AvgIpc) is 3.77. The molecule has 0 radical (unpaired) electrons. The molecule has 0 atom stereocenters. The van der Waals surface area contributed by atoms with Crippen molar-refractivity contribution in [1.82, 2.24) is 0 Å². The highest BCUT2D eigenvalue weighted by atomic mass is 16.3. The third-order valence-corrected chi connectivity index (χ3v) is 11.3. The molecule has 9 aromatic carbocycles.